The third kappa shape index (κ3) is 3.05. The summed E-state index contributed by atoms with van der Waals surface area (Å²) in [5, 5.41) is 10.6. The van der Waals surface area contributed by atoms with E-state index in [9.17, 15) is 0 Å². The lowest BCUT2D eigenvalue weighted by Gasteiger charge is -2.42. The molecule has 0 saturated heterocycles. The summed E-state index contributed by atoms with van der Waals surface area (Å²) >= 11 is 0. The van der Waals surface area contributed by atoms with Crippen molar-refractivity contribution in [2.45, 2.75) is 11.3 Å². The lowest BCUT2D eigenvalue weighted by Crippen LogP contribution is -2.20. The van der Waals surface area contributed by atoms with Crippen LogP contribution in [-0.2, 0) is 6.42 Å². The molecule has 43 heavy (non-hydrogen) atoms. The molecule has 2 aromatic heterocycles. The van der Waals surface area contributed by atoms with E-state index in [1.54, 1.807) is 0 Å². The smallest absolute Gasteiger partial charge is 0.0860 e. The maximum Gasteiger partial charge on any atom is 0.0860 e. The molecule has 0 radical (unpaired) electrons. The molecule has 10 rings (SSSR count). The normalized spacial score (nSPS) is 14.7. The van der Waals surface area contributed by atoms with Gasteiger partial charge >= 0.3 is 0 Å². The van der Waals surface area contributed by atoms with Gasteiger partial charge in [-0.3, -0.25) is 7.94 Å². The van der Waals surface area contributed by atoms with Crippen molar-refractivity contribution in [2.24, 2.45) is 0 Å². The van der Waals surface area contributed by atoms with Crippen LogP contribution in [0.3, 0.4) is 0 Å². The molecule has 0 unspecified atom stereocenters. The van der Waals surface area contributed by atoms with Crippen LogP contribution in [0.5, 0.6) is 0 Å². The van der Waals surface area contributed by atoms with Crippen LogP contribution in [0.15, 0.2) is 150 Å². The Kier molecular flexibility index (Phi) is 4.67. The number of hydrogen-bond donors (Lipinski definition) is 0. The molecule has 0 bridgehead atoms. The highest BCUT2D eigenvalue weighted by atomic mass is 32.3. The quantitative estimate of drug-likeness (QED) is 0.200. The molecule has 1 aliphatic heterocycles. The maximum absolute atomic E-state index is 2.79. The summed E-state index contributed by atoms with van der Waals surface area (Å²) in [7, 11) is -1.77. The van der Waals surface area contributed by atoms with Crippen LogP contribution in [-0.4, -0.2) is 13.7 Å². The van der Waals surface area contributed by atoms with Gasteiger partial charge in [0.25, 0.3) is 0 Å². The van der Waals surface area contributed by atoms with Crippen molar-refractivity contribution in [3.05, 3.63) is 151 Å². The molecule has 2 nitrogen and oxygen atoms in total. The summed E-state index contributed by atoms with van der Waals surface area (Å²) in [6.07, 6.45) is 1.00. The second-order valence-electron chi connectivity index (χ2n) is 11.8. The maximum atomic E-state index is 2.79. The van der Waals surface area contributed by atoms with Crippen LogP contribution in [0, 0.1) is 0 Å². The Hall–Kier alpha value is -4.99. The average molecular weight is 569 g/mol. The van der Waals surface area contributed by atoms with E-state index in [-0.39, 0.29) is 0 Å². The molecule has 0 N–H and O–H groups in total. The average Bonchev–Trinajstić information content (AvgIpc) is 3.68. The number of fused-ring (bicyclic) bond motifs is 8. The van der Waals surface area contributed by atoms with Gasteiger partial charge in [0.1, 0.15) is 0 Å². The molecule has 0 fully saturated rings. The van der Waals surface area contributed by atoms with Crippen LogP contribution in [0.2, 0.25) is 0 Å². The van der Waals surface area contributed by atoms with E-state index in [1.807, 2.05) is 0 Å². The van der Waals surface area contributed by atoms with Gasteiger partial charge in [-0.25, -0.2) is 0 Å². The molecule has 0 aliphatic carbocycles. The van der Waals surface area contributed by atoms with Gasteiger partial charge in [0.2, 0.25) is 0 Å². The highest BCUT2D eigenvalue weighted by Crippen LogP contribution is 2.68. The van der Waals surface area contributed by atoms with Crippen LogP contribution in [0.4, 0.5) is 0 Å². The number of rotatable bonds is 4. The molecule has 1 aliphatic rings. The fourth-order valence-electron chi connectivity index (χ4n) is 7.65. The minimum absolute atomic E-state index is 1.00. The highest BCUT2D eigenvalue weighted by Gasteiger charge is 2.42. The third-order valence-electron chi connectivity index (χ3n) is 9.55. The first-order chi connectivity index (χ1) is 21.3. The van der Waals surface area contributed by atoms with E-state index in [0.29, 0.717) is 0 Å². The lowest BCUT2D eigenvalue weighted by atomic mass is 10.0. The Morgan fingerprint density at radius 1 is 0.419 bits per heavy atom. The monoisotopic (exact) mass is 568 g/mol. The fourth-order valence-corrected chi connectivity index (χ4v) is 11.9. The predicted molar refractivity (Wildman–Crippen MR) is 186 cm³/mol. The van der Waals surface area contributed by atoms with Crippen molar-refractivity contribution >= 4 is 75.6 Å². The van der Waals surface area contributed by atoms with Gasteiger partial charge < -0.3 is 0 Å². The van der Waals surface area contributed by atoms with E-state index in [0.717, 1.165) is 12.2 Å². The van der Waals surface area contributed by atoms with E-state index in [4.69, 9.17) is 0 Å². The SMILES string of the molecule is c1ccc(CCS2(c3ccccc3)n3c4cc5ccccc5cc4c4ccc5c6cc7ccccc7cc6n2c5c43)cc1. The van der Waals surface area contributed by atoms with Gasteiger partial charge in [-0.1, -0.05) is 120 Å². The van der Waals surface area contributed by atoms with Crippen molar-refractivity contribution in [2.75, 3.05) is 5.75 Å². The van der Waals surface area contributed by atoms with Crippen LogP contribution >= 0.6 is 10.4 Å². The minimum Gasteiger partial charge on any atom is -0.279 e. The molecular formula is C40H28N2S. The number of hydrogen-bond acceptors (Lipinski definition) is 0. The lowest BCUT2D eigenvalue weighted by molar-refractivity contribution is 1.10. The van der Waals surface area contributed by atoms with Gasteiger partial charge in [-0.15, -0.1) is 0 Å². The third-order valence-corrected chi connectivity index (χ3v) is 13.3. The second kappa shape index (κ2) is 8.53. The second-order valence-corrected chi connectivity index (χ2v) is 14.7. The zero-order valence-corrected chi connectivity index (χ0v) is 24.4. The first kappa shape index (κ1) is 23.6. The standard InChI is InChI=1S/C40H28N2S/c1-3-11-27(12-4-1)21-22-43(32-17-5-2-6-18-32)41-37-25-30-15-9-7-13-28(30)23-35(37)33-19-20-34-36-24-29-14-8-10-16-31(29)26-38(36)42(43)40(34)39(33)41/h1-20,23-26H,21-22H2. The van der Waals surface area contributed by atoms with E-state index >= 15 is 0 Å². The zero-order chi connectivity index (χ0) is 28.1. The Balaban J connectivity index is 1.43. The van der Waals surface area contributed by atoms with Crippen LogP contribution in [0.1, 0.15) is 5.56 Å². The summed E-state index contributed by atoms with van der Waals surface area (Å²) in [5.74, 6) is 1.02. The molecular weight excluding hydrogens is 541 g/mol. The first-order valence-corrected chi connectivity index (χ1v) is 16.8. The molecule has 0 saturated carbocycles. The molecule has 0 atom stereocenters. The highest BCUT2D eigenvalue weighted by molar-refractivity contribution is 8.32. The zero-order valence-electron chi connectivity index (χ0n) is 23.6. The van der Waals surface area contributed by atoms with Gasteiger partial charge in [0.15, 0.2) is 0 Å². The Labute approximate surface area is 251 Å². The van der Waals surface area contributed by atoms with Crippen molar-refractivity contribution in [3.63, 3.8) is 0 Å². The fraction of sp³-hybridized carbons (Fsp3) is 0.0500. The summed E-state index contributed by atoms with van der Waals surface area (Å²) < 4.78 is 5.58. The van der Waals surface area contributed by atoms with E-state index in [1.165, 1.54) is 75.6 Å². The summed E-state index contributed by atoms with van der Waals surface area (Å²) in [4.78, 5) is 1.40. The number of aromatic nitrogens is 2. The van der Waals surface area contributed by atoms with Gasteiger partial charge in [-0.2, -0.15) is 0 Å². The summed E-state index contributed by atoms with van der Waals surface area (Å²) in [5.41, 5.74) is 6.83. The van der Waals surface area contributed by atoms with Gasteiger partial charge in [0.05, 0.1) is 22.1 Å². The molecule has 0 amide bonds. The Morgan fingerprint density at radius 2 is 0.860 bits per heavy atom. The molecule has 0 spiro atoms. The van der Waals surface area contributed by atoms with Gasteiger partial charge in [-0.05, 0) is 69.9 Å². The van der Waals surface area contributed by atoms with Crippen molar-refractivity contribution in [1.82, 2.24) is 7.94 Å². The summed E-state index contributed by atoms with van der Waals surface area (Å²) in [6, 6.07) is 54.6. The van der Waals surface area contributed by atoms with Crippen LogP contribution in [0.25, 0.3) is 65.2 Å². The van der Waals surface area contributed by atoms with Crippen molar-refractivity contribution in [3.8, 4) is 0 Å². The number of aryl methyl sites for hydroxylation is 1. The largest absolute Gasteiger partial charge is 0.279 e. The van der Waals surface area contributed by atoms with E-state index in [2.05, 4.69) is 154 Å². The van der Waals surface area contributed by atoms with Crippen LogP contribution < -0.4 is 0 Å². The van der Waals surface area contributed by atoms with E-state index < -0.39 is 10.4 Å². The number of nitrogens with zero attached hydrogens (tertiary/aromatic N) is 2. The van der Waals surface area contributed by atoms with Crippen molar-refractivity contribution < 1.29 is 0 Å². The number of benzene rings is 7. The molecule has 3 heterocycles. The molecule has 7 aromatic carbocycles. The summed E-state index contributed by atoms with van der Waals surface area (Å²) in [6.45, 7) is 0. The Bertz CT molecular complexity index is 2420. The topological polar surface area (TPSA) is 9.86 Å². The van der Waals surface area contributed by atoms with Gasteiger partial charge in [0, 0.05) is 32.2 Å². The Morgan fingerprint density at radius 3 is 1.37 bits per heavy atom. The molecule has 9 aromatic rings. The first-order valence-electron chi connectivity index (χ1n) is 15.1. The van der Waals surface area contributed by atoms with Crippen molar-refractivity contribution in [1.29, 1.82) is 0 Å². The molecule has 204 valence electrons. The predicted octanol–water partition coefficient (Wildman–Crippen LogP) is 10.9. The minimum atomic E-state index is -1.77. The molecule has 3 heteroatoms.